The number of halogens is 3. The molecule has 1 heterocycles. The lowest BCUT2D eigenvalue weighted by Crippen LogP contribution is -1.92. The van der Waals surface area contributed by atoms with Crippen molar-refractivity contribution in [1.29, 1.82) is 0 Å². The third-order valence-corrected chi connectivity index (χ3v) is 6.39. The second kappa shape index (κ2) is 5.43. The van der Waals surface area contributed by atoms with Gasteiger partial charge < -0.3 is 0 Å². The number of benzene rings is 1. The highest BCUT2D eigenvalue weighted by Crippen LogP contribution is 2.40. The molecule has 1 unspecified atom stereocenters. The Balaban J connectivity index is 2.39. The van der Waals surface area contributed by atoms with Crippen LogP contribution in [0.2, 0.25) is 0 Å². The number of hydrogen-bond donors (Lipinski definition) is 0. The van der Waals surface area contributed by atoms with Crippen molar-refractivity contribution in [3.8, 4) is 0 Å². The molecule has 0 radical (unpaired) electrons. The van der Waals surface area contributed by atoms with Crippen molar-refractivity contribution >= 4 is 54.8 Å². The van der Waals surface area contributed by atoms with Crippen LogP contribution in [0.25, 0.3) is 0 Å². The molecule has 1 atom stereocenters. The first-order chi connectivity index (χ1) is 7.97. The normalized spacial score (nSPS) is 12.8. The van der Waals surface area contributed by atoms with Gasteiger partial charge in [0.05, 0.1) is 9.16 Å². The molecular formula is C13H11Br2ClS. The van der Waals surface area contributed by atoms with Crippen molar-refractivity contribution in [1.82, 2.24) is 0 Å². The summed E-state index contributed by atoms with van der Waals surface area (Å²) < 4.78 is 2.15. The van der Waals surface area contributed by atoms with Gasteiger partial charge in [-0.1, -0.05) is 29.3 Å². The predicted molar refractivity (Wildman–Crippen MR) is 83.3 cm³/mol. The van der Waals surface area contributed by atoms with Gasteiger partial charge in [0.25, 0.3) is 0 Å². The highest BCUT2D eigenvalue weighted by molar-refractivity contribution is 9.13. The Morgan fingerprint density at radius 1 is 1.06 bits per heavy atom. The van der Waals surface area contributed by atoms with Crippen molar-refractivity contribution in [2.24, 2.45) is 0 Å². The summed E-state index contributed by atoms with van der Waals surface area (Å²) in [6.45, 7) is 4.20. The smallest absolute Gasteiger partial charge is 0.0928 e. The van der Waals surface area contributed by atoms with Crippen molar-refractivity contribution in [3.05, 3.63) is 54.1 Å². The fourth-order valence-electron chi connectivity index (χ4n) is 1.81. The molecule has 0 spiro atoms. The molecule has 1 aromatic heterocycles. The molecule has 90 valence electrons. The topological polar surface area (TPSA) is 0 Å². The van der Waals surface area contributed by atoms with Crippen LogP contribution in [-0.2, 0) is 0 Å². The largest absolute Gasteiger partial charge is 0.130 e. The maximum Gasteiger partial charge on any atom is 0.0928 e. The number of aryl methyl sites for hydroxylation is 2. The molecule has 0 saturated carbocycles. The van der Waals surface area contributed by atoms with Gasteiger partial charge in [0, 0.05) is 9.35 Å². The summed E-state index contributed by atoms with van der Waals surface area (Å²) in [4.78, 5) is 1.15. The van der Waals surface area contributed by atoms with Gasteiger partial charge in [-0.15, -0.1) is 22.9 Å². The van der Waals surface area contributed by atoms with Crippen LogP contribution in [0.15, 0.2) is 32.5 Å². The number of alkyl halides is 1. The molecule has 0 N–H and O–H groups in total. The van der Waals surface area contributed by atoms with Gasteiger partial charge in [-0.25, -0.2) is 0 Å². The van der Waals surface area contributed by atoms with Crippen molar-refractivity contribution in [2.45, 2.75) is 19.2 Å². The van der Waals surface area contributed by atoms with Crippen LogP contribution < -0.4 is 0 Å². The zero-order valence-electron chi connectivity index (χ0n) is 9.43. The SMILES string of the molecule is Cc1cc(C)cc(C(Cl)c2cc(Br)c(Br)s2)c1. The van der Waals surface area contributed by atoms with E-state index in [9.17, 15) is 0 Å². The lowest BCUT2D eigenvalue weighted by molar-refractivity contribution is 1.16. The molecule has 1 aromatic carbocycles. The molecule has 0 aliphatic rings. The van der Waals surface area contributed by atoms with Crippen LogP contribution in [-0.4, -0.2) is 0 Å². The standard InChI is InChI=1S/C13H11Br2ClS/c1-7-3-8(2)5-9(4-7)12(16)11-6-10(14)13(15)17-11/h3-6,12H,1-2H3. The van der Waals surface area contributed by atoms with E-state index in [2.05, 4.69) is 70.0 Å². The zero-order chi connectivity index (χ0) is 12.6. The molecule has 17 heavy (non-hydrogen) atoms. The van der Waals surface area contributed by atoms with E-state index in [0.717, 1.165) is 18.7 Å². The molecule has 0 nitrogen and oxygen atoms in total. The molecule has 0 amide bonds. The molecule has 0 bridgehead atoms. The predicted octanol–water partition coefficient (Wildman–Crippen LogP) is 6.22. The summed E-state index contributed by atoms with van der Waals surface area (Å²) in [5.41, 5.74) is 3.66. The van der Waals surface area contributed by atoms with Crippen molar-refractivity contribution in [2.75, 3.05) is 0 Å². The molecule has 2 rings (SSSR count). The van der Waals surface area contributed by atoms with Crippen molar-refractivity contribution < 1.29 is 0 Å². The fraction of sp³-hybridized carbons (Fsp3) is 0.231. The molecule has 4 heteroatoms. The second-order valence-electron chi connectivity index (χ2n) is 4.05. The zero-order valence-corrected chi connectivity index (χ0v) is 14.2. The summed E-state index contributed by atoms with van der Waals surface area (Å²) >= 11 is 15.2. The summed E-state index contributed by atoms with van der Waals surface area (Å²) in [6.07, 6.45) is 0. The number of rotatable bonds is 2. The van der Waals surface area contributed by atoms with Crippen LogP contribution >= 0.6 is 54.8 Å². The first-order valence-corrected chi connectivity index (χ1v) is 7.98. The van der Waals surface area contributed by atoms with Crippen LogP contribution in [0.5, 0.6) is 0 Å². The van der Waals surface area contributed by atoms with Crippen LogP contribution in [0.4, 0.5) is 0 Å². The van der Waals surface area contributed by atoms with E-state index in [1.807, 2.05) is 0 Å². The molecule has 0 aliphatic carbocycles. The Hall–Kier alpha value is 0.170. The Morgan fingerprint density at radius 3 is 2.12 bits per heavy atom. The molecular weight excluding hydrogens is 383 g/mol. The highest BCUT2D eigenvalue weighted by atomic mass is 79.9. The monoisotopic (exact) mass is 392 g/mol. The minimum Gasteiger partial charge on any atom is -0.130 e. The Bertz CT molecular complexity index is 509. The van der Waals surface area contributed by atoms with Gasteiger partial charge in [-0.3, -0.25) is 0 Å². The van der Waals surface area contributed by atoms with Gasteiger partial charge >= 0.3 is 0 Å². The molecule has 2 aromatic rings. The van der Waals surface area contributed by atoms with E-state index in [4.69, 9.17) is 11.6 Å². The Labute approximate surface area is 127 Å². The minimum absolute atomic E-state index is 0.0822. The third kappa shape index (κ3) is 3.14. The lowest BCUT2D eigenvalue weighted by atomic mass is 10.0. The van der Waals surface area contributed by atoms with E-state index < -0.39 is 0 Å². The minimum atomic E-state index is -0.0822. The van der Waals surface area contributed by atoms with E-state index in [1.54, 1.807) is 11.3 Å². The summed E-state index contributed by atoms with van der Waals surface area (Å²) in [5.74, 6) is 0. The van der Waals surface area contributed by atoms with Crippen molar-refractivity contribution in [3.63, 3.8) is 0 Å². The van der Waals surface area contributed by atoms with Gasteiger partial charge in [0.15, 0.2) is 0 Å². The lowest BCUT2D eigenvalue weighted by Gasteiger charge is -2.09. The fourth-order valence-corrected chi connectivity index (χ4v) is 4.23. The quantitative estimate of drug-likeness (QED) is 0.531. The molecule has 0 saturated heterocycles. The van der Waals surface area contributed by atoms with Crippen LogP contribution in [0, 0.1) is 13.8 Å². The first-order valence-electron chi connectivity index (χ1n) is 5.14. The number of hydrogen-bond acceptors (Lipinski definition) is 1. The average Bonchev–Trinajstić information content (AvgIpc) is 2.57. The van der Waals surface area contributed by atoms with Crippen LogP contribution in [0.1, 0.15) is 26.9 Å². The van der Waals surface area contributed by atoms with Gasteiger partial charge in [0.2, 0.25) is 0 Å². The maximum atomic E-state index is 6.53. The summed E-state index contributed by atoms with van der Waals surface area (Å²) in [5, 5.41) is -0.0822. The summed E-state index contributed by atoms with van der Waals surface area (Å²) in [6, 6.07) is 8.52. The summed E-state index contributed by atoms with van der Waals surface area (Å²) in [7, 11) is 0. The Morgan fingerprint density at radius 2 is 1.65 bits per heavy atom. The van der Waals surface area contributed by atoms with Crippen LogP contribution in [0.3, 0.4) is 0 Å². The van der Waals surface area contributed by atoms with E-state index in [0.29, 0.717) is 0 Å². The molecule has 0 fully saturated rings. The second-order valence-corrected chi connectivity index (χ2v) is 7.75. The highest BCUT2D eigenvalue weighted by Gasteiger charge is 2.15. The Kier molecular flexibility index (Phi) is 4.35. The first kappa shape index (κ1) is 13.6. The molecule has 0 aliphatic heterocycles. The van der Waals surface area contributed by atoms with E-state index in [1.165, 1.54) is 11.1 Å². The van der Waals surface area contributed by atoms with Gasteiger partial charge in [0.1, 0.15) is 0 Å². The van der Waals surface area contributed by atoms with Gasteiger partial charge in [-0.05, 0) is 57.3 Å². The van der Waals surface area contributed by atoms with E-state index in [-0.39, 0.29) is 5.38 Å². The number of thiophene rings is 1. The van der Waals surface area contributed by atoms with Gasteiger partial charge in [-0.2, -0.15) is 0 Å². The third-order valence-electron chi connectivity index (χ3n) is 2.45. The average molecular weight is 395 g/mol. The van der Waals surface area contributed by atoms with E-state index >= 15 is 0 Å². The maximum absolute atomic E-state index is 6.53.